The fraction of sp³-hybridized carbons (Fsp3) is 0.531. The van der Waals surface area contributed by atoms with E-state index >= 15 is 0 Å². The number of carbonyl (C=O) groups excluding carboxylic acids is 5. The van der Waals surface area contributed by atoms with Crippen LogP contribution in [0.2, 0.25) is 0 Å². The third-order valence-corrected chi connectivity index (χ3v) is 8.04. The summed E-state index contributed by atoms with van der Waals surface area (Å²) in [4.78, 5) is 65.9. The number of benzene rings is 1. The maximum absolute atomic E-state index is 13.6. The molecule has 12 heteroatoms. The van der Waals surface area contributed by atoms with Crippen LogP contribution in [0.1, 0.15) is 98.9 Å². The number of carbonyl (C=O) groups is 5. The molecule has 0 saturated carbocycles. The minimum atomic E-state index is -1.03. The third-order valence-electron chi connectivity index (χ3n) is 6.84. The highest BCUT2D eigenvalue weighted by Crippen LogP contribution is 2.35. The van der Waals surface area contributed by atoms with E-state index in [4.69, 9.17) is 9.47 Å². The van der Waals surface area contributed by atoms with Crippen molar-refractivity contribution in [2.75, 3.05) is 12.4 Å². The normalized spacial score (nSPS) is 13.6. The highest BCUT2D eigenvalue weighted by atomic mass is 32.1. The number of methoxy groups -OCH3 is 1. The lowest BCUT2D eigenvalue weighted by molar-refractivity contribution is -0.160. The smallest absolute Gasteiger partial charge is 0.341 e. The number of thiophene rings is 1. The topological polar surface area (TPSA) is 140 Å². The Morgan fingerprint density at radius 1 is 0.909 bits per heavy atom. The van der Waals surface area contributed by atoms with E-state index < -0.39 is 59.1 Å². The summed E-state index contributed by atoms with van der Waals surface area (Å²) in [5.41, 5.74) is 0.119. The van der Waals surface area contributed by atoms with Crippen LogP contribution in [0.25, 0.3) is 0 Å². The molecular weight excluding hydrogens is 589 g/mol. The van der Waals surface area contributed by atoms with Gasteiger partial charge < -0.3 is 25.4 Å². The maximum Gasteiger partial charge on any atom is 0.341 e. The molecule has 0 aliphatic heterocycles. The van der Waals surface area contributed by atoms with Crippen molar-refractivity contribution in [3.63, 3.8) is 0 Å². The summed E-state index contributed by atoms with van der Waals surface area (Å²) in [5.74, 6) is -4.73. The Hall–Kier alpha value is -3.80. The van der Waals surface area contributed by atoms with Crippen molar-refractivity contribution in [3.8, 4) is 0 Å². The maximum atomic E-state index is 13.6. The Morgan fingerprint density at radius 3 is 1.95 bits per heavy atom. The fourth-order valence-electron chi connectivity index (χ4n) is 4.48. The van der Waals surface area contributed by atoms with Gasteiger partial charge in [-0.2, -0.15) is 0 Å². The second-order valence-corrected chi connectivity index (χ2v) is 13.2. The van der Waals surface area contributed by atoms with Gasteiger partial charge in [0, 0.05) is 0 Å². The molecule has 3 N–H and O–H groups in total. The molecule has 0 aliphatic carbocycles. The van der Waals surface area contributed by atoms with Crippen LogP contribution in [0.5, 0.6) is 0 Å². The largest absolute Gasteiger partial charge is 0.465 e. The number of hydrogen-bond donors (Lipinski definition) is 3. The van der Waals surface area contributed by atoms with Crippen LogP contribution in [0.4, 0.5) is 9.39 Å². The van der Waals surface area contributed by atoms with Gasteiger partial charge in [-0.3, -0.25) is 14.4 Å². The first kappa shape index (κ1) is 36.4. The quantitative estimate of drug-likeness (QED) is 0.268. The van der Waals surface area contributed by atoms with E-state index in [0.29, 0.717) is 12.0 Å². The summed E-state index contributed by atoms with van der Waals surface area (Å²) < 4.78 is 23.9. The van der Waals surface area contributed by atoms with Crippen molar-refractivity contribution in [2.45, 2.75) is 92.3 Å². The molecule has 10 nitrogen and oxygen atoms in total. The number of halogens is 1. The monoisotopic (exact) mass is 633 g/mol. The van der Waals surface area contributed by atoms with E-state index in [2.05, 4.69) is 16.0 Å². The molecule has 0 spiro atoms. The van der Waals surface area contributed by atoms with Crippen LogP contribution in [-0.4, -0.2) is 54.5 Å². The first-order chi connectivity index (χ1) is 20.4. The standard InChI is InChI=1S/C32H44FN3O7S/c1-11-21(19-12-14-20(33)15-13-19)26(37)36-29-22(30(40)42-10)18(6)25(44-29)28(39)34-23(16(2)3)27(38)35-24(17(4)5)31(41)43-32(7,8)9/h12-17,21,23-24H,11H2,1-10H3,(H,34,39)(H,35,38)(H,36,37)/t21?,23-,24-/m1/s1. The van der Waals surface area contributed by atoms with Crippen molar-refractivity contribution in [3.05, 3.63) is 51.7 Å². The van der Waals surface area contributed by atoms with E-state index in [1.165, 1.54) is 31.4 Å². The van der Waals surface area contributed by atoms with Gasteiger partial charge in [-0.05, 0) is 69.2 Å². The van der Waals surface area contributed by atoms with Gasteiger partial charge in [0.05, 0.1) is 23.5 Å². The number of amides is 3. The van der Waals surface area contributed by atoms with Crippen LogP contribution >= 0.6 is 11.3 Å². The van der Waals surface area contributed by atoms with Gasteiger partial charge in [0.1, 0.15) is 28.5 Å². The number of ether oxygens (including phenoxy) is 2. The average molecular weight is 634 g/mol. The van der Waals surface area contributed by atoms with Gasteiger partial charge in [0.25, 0.3) is 5.91 Å². The number of hydrogen-bond acceptors (Lipinski definition) is 8. The second kappa shape index (κ2) is 15.3. The summed E-state index contributed by atoms with van der Waals surface area (Å²) in [6.07, 6.45) is 0.397. The molecule has 0 fully saturated rings. The highest BCUT2D eigenvalue weighted by molar-refractivity contribution is 7.18. The molecule has 242 valence electrons. The minimum Gasteiger partial charge on any atom is -0.465 e. The lowest BCUT2D eigenvalue weighted by Gasteiger charge is -2.29. The average Bonchev–Trinajstić information content (AvgIpc) is 3.24. The first-order valence-corrected chi connectivity index (χ1v) is 15.3. The van der Waals surface area contributed by atoms with Crippen molar-refractivity contribution < 1.29 is 37.8 Å². The third kappa shape index (κ3) is 9.35. The van der Waals surface area contributed by atoms with E-state index in [-0.39, 0.29) is 32.8 Å². The number of nitrogens with one attached hydrogen (secondary N) is 3. The molecule has 2 aromatic rings. The zero-order chi connectivity index (χ0) is 33.5. The molecule has 0 radical (unpaired) electrons. The van der Waals surface area contributed by atoms with Gasteiger partial charge in [0.15, 0.2) is 0 Å². The minimum absolute atomic E-state index is 0.0142. The Morgan fingerprint density at radius 2 is 1.48 bits per heavy atom. The first-order valence-electron chi connectivity index (χ1n) is 14.5. The van der Waals surface area contributed by atoms with E-state index in [0.717, 1.165) is 11.3 Å². The fourth-order valence-corrected chi connectivity index (χ4v) is 5.58. The molecule has 44 heavy (non-hydrogen) atoms. The predicted octanol–water partition coefficient (Wildman–Crippen LogP) is 5.35. The Bertz CT molecular complexity index is 1360. The molecule has 1 unspecified atom stereocenters. The van der Waals surface area contributed by atoms with Crippen LogP contribution in [0.15, 0.2) is 24.3 Å². The van der Waals surface area contributed by atoms with E-state index in [1.54, 1.807) is 62.3 Å². The van der Waals surface area contributed by atoms with Gasteiger partial charge in [-0.15, -0.1) is 11.3 Å². The van der Waals surface area contributed by atoms with Crippen LogP contribution in [0, 0.1) is 24.6 Å². The van der Waals surface area contributed by atoms with Crippen LogP contribution in [0.3, 0.4) is 0 Å². The molecule has 2 rings (SSSR count). The van der Waals surface area contributed by atoms with Gasteiger partial charge in [0.2, 0.25) is 11.8 Å². The van der Waals surface area contributed by atoms with Gasteiger partial charge in [-0.25, -0.2) is 14.0 Å². The molecule has 0 saturated heterocycles. The van der Waals surface area contributed by atoms with Crippen molar-refractivity contribution in [2.24, 2.45) is 11.8 Å². The molecule has 1 aromatic heterocycles. The highest BCUT2D eigenvalue weighted by Gasteiger charge is 2.35. The predicted molar refractivity (Wildman–Crippen MR) is 167 cm³/mol. The van der Waals surface area contributed by atoms with Crippen molar-refractivity contribution in [1.82, 2.24) is 10.6 Å². The molecule has 3 amide bonds. The SMILES string of the molecule is CCC(C(=O)Nc1sc(C(=O)N[C@@H](C(=O)N[C@@H](C(=O)OC(C)(C)C)C(C)C)C(C)C)c(C)c1C(=O)OC)c1ccc(F)cc1. The lowest BCUT2D eigenvalue weighted by atomic mass is 9.95. The summed E-state index contributed by atoms with van der Waals surface area (Å²) in [7, 11) is 1.19. The number of rotatable bonds is 12. The van der Waals surface area contributed by atoms with Crippen molar-refractivity contribution in [1.29, 1.82) is 0 Å². The molecule has 0 bridgehead atoms. The van der Waals surface area contributed by atoms with Gasteiger partial charge >= 0.3 is 11.9 Å². The molecule has 1 aromatic carbocycles. The van der Waals surface area contributed by atoms with Crippen molar-refractivity contribution >= 4 is 46.0 Å². The zero-order valence-electron chi connectivity index (χ0n) is 27.0. The van der Waals surface area contributed by atoms with Gasteiger partial charge in [-0.1, -0.05) is 46.8 Å². The Kier molecular flexibility index (Phi) is 12.6. The molecule has 1 heterocycles. The van der Waals surface area contributed by atoms with Crippen LogP contribution in [-0.2, 0) is 23.9 Å². The van der Waals surface area contributed by atoms with E-state index in [9.17, 15) is 28.4 Å². The Labute approximate surface area is 262 Å². The lowest BCUT2D eigenvalue weighted by Crippen LogP contribution is -2.55. The molecular formula is C32H44FN3O7S. The number of anilines is 1. The summed E-state index contributed by atoms with van der Waals surface area (Å²) in [6, 6.07) is 3.60. The molecule has 3 atom stereocenters. The summed E-state index contributed by atoms with van der Waals surface area (Å²) in [6.45, 7) is 15.6. The zero-order valence-corrected chi connectivity index (χ0v) is 27.9. The summed E-state index contributed by atoms with van der Waals surface area (Å²) in [5, 5.41) is 8.31. The number of esters is 2. The molecule has 0 aliphatic rings. The summed E-state index contributed by atoms with van der Waals surface area (Å²) >= 11 is 0.877. The van der Waals surface area contributed by atoms with E-state index in [1.807, 2.05) is 0 Å². The van der Waals surface area contributed by atoms with Crippen LogP contribution < -0.4 is 16.0 Å². The second-order valence-electron chi connectivity index (χ2n) is 12.2. The Balaban J connectivity index is 2.37.